The van der Waals surface area contributed by atoms with E-state index in [2.05, 4.69) is 30.4 Å². The lowest BCUT2D eigenvalue weighted by molar-refractivity contribution is 0.401. The molecule has 0 N–H and O–H groups in total. The van der Waals surface area contributed by atoms with Crippen LogP contribution in [0.4, 0.5) is 0 Å². The van der Waals surface area contributed by atoms with E-state index >= 15 is 0 Å². The summed E-state index contributed by atoms with van der Waals surface area (Å²) in [6, 6.07) is 0. The molecular formula is C9H16S2. The SMILES string of the molecule is C[C@H]1SC[C@H]2CCCC[C@H]2S1. The Balaban J connectivity index is 1.93. The van der Waals surface area contributed by atoms with Crippen molar-refractivity contribution in [3.8, 4) is 0 Å². The van der Waals surface area contributed by atoms with E-state index in [9.17, 15) is 0 Å². The maximum Gasteiger partial charge on any atom is 0.0477 e. The van der Waals surface area contributed by atoms with Crippen LogP contribution >= 0.6 is 23.5 Å². The Kier molecular flexibility index (Phi) is 2.73. The lowest BCUT2D eigenvalue weighted by Gasteiger charge is -2.37. The summed E-state index contributed by atoms with van der Waals surface area (Å²) in [5, 5.41) is 1.03. The summed E-state index contributed by atoms with van der Waals surface area (Å²) in [7, 11) is 0. The van der Waals surface area contributed by atoms with Crippen LogP contribution in [0.2, 0.25) is 0 Å². The molecule has 0 amide bonds. The van der Waals surface area contributed by atoms with Gasteiger partial charge in [0.2, 0.25) is 0 Å². The third kappa shape index (κ3) is 1.89. The van der Waals surface area contributed by atoms with Gasteiger partial charge >= 0.3 is 0 Å². The summed E-state index contributed by atoms with van der Waals surface area (Å²) < 4.78 is 0.870. The van der Waals surface area contributed by atoms with Gasteiger partial charge in [-0.2, -0.15) is 0 Å². The molecule has 1 saturated carbocycles. The van der Waals surface area contributed by atoms with E-state index in [0.29, 0.717) is 0 Å². The molecule has 2 heteroatoms. The highest BCUT2D eigenvalue weighted by Crippen LogP contribution is 2.45. The van der Waals surface area contributed by atoms with E-state index in [1.54, 1.807) is 0 Å². The third-order valence-electron chi connectivity index (χ3n) is 2.75. The minimum Gasteiger partial charge on any atom is -0.148 e. The predicted molar refractivity (Wildman–Crippen MR) is 55.3 cm³/mol. The van der Waals surface area contributed by atoms with Gasteiger partial charge < -0.3 is 0 Å². The van der Waals surface area contributed by atoms with E-state index in [4.69, 9.17) is 0 Å². The van der Waals surface area contributed by atoms with Crippen molar-refractivity contribution in [2.75, 3.05) is 5.75 Å². The maximum atomic E-state index is 2.36. The van der Waals surface area contributed by atoms with Crippen LogP contribution < -0.4 is 0 Å². The Labute approximate surface area is 77.9 Å². The van der Waals surface area contributed by atoms with Gasteiger partial charge in [-0.15, -0.1) is 23.5 Å². The lowest BCUT2D eigenvalue weighted by Crippen LogP contribution is -2.29. The number of thioether (sulfide) groups is 2. The van der Waals surface area contributed by atoms with Crippen molar-refractivity contribution < 1.29 is 0 Å². The summed E-state index contributed by atoms with van der Waals surface area (Å²) in [5.74, 6) is 2.51. The Hall–Kier alpha value is 0.700. The van der Waals surface area contributed by atoms with Crippen molar-refractivity contribution in [3.05, 3.63) is 0 Å². The van der Waals surface area contributed by atoms with E-state index < -0.39 is 0 Å². The van der Waals surface area contributed by atoms with Crippen LogP contribution in [0.15, 0.2) is 0 Å². The largest absolute Gasteiger partial charge is 0.148 e. The number of rotatable bonds is 0. The predicted octanol–water partition coefficient (Wildman–Crippen LogP) is 3.37. The van der Waals surface area contributed by atoms with E-state index in [0.717, 1.165) is 15.7 Å². The van der Waals surface area contributed by atoms with Gasteiger partial charge in [-0.3, -0.25) is 0 Å². The summed E-state index contributed by atoms with van der Waals surface area (Å²) >= 11 is 4.40. The molecule has 0 aromatic heterocycles. The second-order valence-electron chi connectivity index (χ2n) is 3.62. The molecule has 0 radical (unpaired) electrons. The normalized spacial score (nSPS) is 45.0. The maximum absolute atomic E-state index is 2.36. The second-order valence-corrected chi connectivity index (χ2v) is 6.88. The molecule has 1 saturated heterocycles. The van der Waals surface area contributed by atoms with Crippen LogP contribution in [0, 0.1) is 5.92 Å². The average molecular weight is 188 g/mol. The van der Waals surface area contributed by atoms with Gasteiger partial charge in [0.25, 0.3) is 0 Å². The highest BCUT2D eigenvalue weighted by Gasteiger charge is 2.31. The molecule has 0 aromatic rings. The summed E-state index contributed by atoms with van der Waals surface area (Å²) in [6.45, 7) is 2.36. The zero-order valence-corrected chi connectivity index (χ0v) is 8.72. The minimum absolute atomic E-state index is 0.870. The van der Waals surface area contributed by atoms with E-state index in [-0.39, 0.29) is 0 Å². The quantitative estimate of drug-likeness (QED) is 0.571. The van der Waals surface area contributed by atoms with Crippen molar-refractivity contribution >= 4 is 23.5 Å². The molecule has 1 heterocycles. The topological polar surface area (TPSA) is 0 Å². The fourth-order valence-corrected chi connectivity index (χ4v) is 5.35. The molecule has 1 aliphatic heterocycles. The molecule has 0 nitrogen and oxygen atoms in total. The molecule has 3 atom stereocenters. The standard InChI is InChI=1S/C9H16S2/c1-7-10-6-8-4-2-3-5-9(8)11-7/h7-9H,2-6H2,1H3/t7-,8+,9+/m0/s1. The fourth-order valence-electron chi connectivity index (χ4n) is 2.09. The summed E-state index contributed by atoms with van der Waals surface area (Å²) in [6.07, 6.45) is 6.00. The summed E-state index contributed by atoms with van der Waals surface area (Å²) in [4.78, 5) is 0. The zero-order valence-electron chi connectivity index (χ0n) is 7.08. The Morgan fingerprint density at radius 3 is 2.91 bits per heavy atom. The van der Waals surface area contributed by atoms with Gasteiger partial charge in [0.15, 0.2) is 0 Å². The molecule has 64 valence electrons. The van der Waals surface area contributed by atoms with Gasteiger partial charge in [0.1, 0.15) is 0 Å². The second kappa shape index (κ2) is 3.61. The highest BCUT2D eigenvalue weighted by molar-refractivity contribution is 8.17. The zero-order chi connectivity index (χ0) is 7.68. The Bertz CT molecular complexity index is 136. The van der Waals surface area contributed by atoms with Crippen molar-refractivity contribution in [1.82, 2.24) is 0 Å². The van der Waals surface area contributed by atoms with Gasteiger partial charge in [-0.05, 0) is 31.4 Å². The molecule has 0 unspecified atom stereocenters. The monoisotopic (exact) mass is 188 g/mol. The third-order valence-corrected chi connectivity index (χ3v) is 5.94. The molecule has 2 aliphatic rings. The van der Waals surface area contributed by atoms with Crippen molar-refractivity contribution in [3.63, 3.8) is 0 Å². The number of fused-ring (bicyclic) bond motifs is 1. The molecule has 0 aromatic carbocycles. The van der Waals surface area contributed by atoms with Gasteiger partial charge in [0, 0.05) is 9.83 Å². The molecule has 1 aliphatic carbocycles. The fraction of sp³-hybridized carbons (Fsp3) is 1.00. The average Bonchev–Trinajstić information content (AvgIpc) is 2.04. The highest BCUT2D eigenvalue weighted by atomic mass is 32.2. The molecule has 0 bridgehead atoms. The van der Waals surface area contributed by atoms with Gasteiger partial charge in [-0.25, -0.2) is 0 Å². The van der Waals surface area contributed by atoms with E-state index in [1.165, 1.54) is 31.4 Å². The van der Waals surface area contributed by atoms with Gasteiger partial charge in [-0.1, -0.05) is 12.8 Å². The van der Waals surface area contributed by atoms with Crippen LogP contribution in [0.5, 0.6) is 0 Å². The van der Waals surface area contributed by atoms with Crippen LogP contribution in [0.25, 0.3) is 0 Å². The van der Waals surface area contributed by atoms with Gasteiger partial charge in [0.05, 0.1) is 0 Å². The number of hydrogen-bond donors (Lipinski definition) is 0. The van der Waals surface area contributed by atoms with Crippen LogP contribution in [-0.2, 0) is 0 Å². The Morgan fingerprint density at radius 1 is 1.18 bits per heavy atom. The summed E-state index contributed by atoms with van der Waals surface area (Å²) in [5.41, 5.74) is 0. The van der Waals surface area contributed by atoms with Crippen molar-refractivity contribution in [2.45, 2.75) is 42.4 Å². The lowest BCUT2D eigenvalue weighted by atomic mass is 9.90. The molecular weight excluding hydrogens is 172 g/mol. The number of hydrogen-bond acceptors (Lipinski definition) is 2. The van der Waals surface area contributed by atoms with Crippen molar-refractivity contribution in [2.24, 2.45) is 5.92 Å². The van der Waals surface area contributed by atoms with Crippen LogP contribution in [0.1, 0.15) is 32.6 Å². The van der Waals surface area contributed by atoms with Crippen LogP contribution in [0.3, 0.4) is 0 Å². The first kappa shape index (κ1) is 8.31. The molecule has 2 rings (SSSR count). The molecule has 0 spiro atoms. The first-order valence-electron chi connectivity index (χ1n) is 4.63. The Morgan fingerprint density at radius 2 is 2.00 bits per heavy atom. The smallest absolute Gasteiger partial charge is 0.0477 e. The first-order chi connectivity index (χ1) is 5.36. The molecule has 2 fully saturated rings. The van der Waals surface area contributed by atoms with Crippen molar-refractivity contribution in [1.29, 1.82) is 0 Å². The first-order valence-corrected chi connectivity index (χ1v) is 6.62. The minimum atomic E-state index is 0.870. The van der Waals surface area contributed by atoms with Crippen LogP contribution in [-0.4, -0.2) is 15.6 Å². The van der Waals surface area contributed by atoms with E-state index in [1.807, 2.05) is 0 Å². The molecule has 11 heavy (non-hydrogen) atoms.